The van der Waals surface area contributed by atoms with Crippen molar-refractivity contribution < 1.29 is 14.6 Å². The molecule has 1 fully saturated rings. The molecule has 6 heteroatoms. The van der Waals surface area contributed by atoms with E-state index < -0.39 is 0 Å². The highest BCUT2D eigenvalue weighted by atomic mass is 16.5. The molecule has 0 aliphatic carbocycles. The van der Waals surface area contributed by atoms with Gasteiger partial charge < -0.3 is 20.1 Å². The normalized spacial score (nSPS) is 16.4. The predicted octanol–water partition coefficient (Wildman–Crippen LogP) is 0.276. The maximum atomic E-state index is 11.8. The van der Waals surface area contributed by atoms with E-state index in [4.69, 9.17) is 9.84 Å². The van der Waals surface area contributed by atoms with E-state index in [0.29, 0.717) is 5.69 Å². The number of nitrogens with zero attached hydrogens (tertiary/aromatic N) is 2. The minimum absolute atomic E-state index is 0.0797. The van der Waals surface area contributed by atoms with Crippen LogP contribution < -0.4 is 10.2 Å². The van der Waals surface area contributed by atoms with E-state index in [1.165, 1.54) is 0 Å². The van der Waals surface area contributed by atoms with Gasteiger partial charge in [-0.05, 0) is 12.1 Å². The summed E-state index contributed by atoms with van der Waals surface area (Å²) in [6.45, 7) is 4.75. The standard InChI is InChI=1S/C14H21N3O3/c1-14(9-20-10-14)8-17(2)11-3-4-15-12(7-11)13(19)16-5-6-18/h3-4,7,18H,5-6,8-10H2,1-2H3,(H,16,19). The van der Waals surface area contributed by atoms with Crippen molar-refractivity contribution in [3.63, 3.8) is 0 Å². The van der Waals surface area contributed by atoms with Crippen molar-refractivity contribution in [2.24, 2.45) is 5.41 Å². The van der Waals surface area contributed by atoms with Gasteiger partial charge in [-0.15, -0.1) is 0 Å². The number of amides is 1. The van der Waals surface area contributed by atoms with E-state index in [-0.39, 0.29) is 24.5 Å². The Morgan fingerprint density at radius 1 is 1.60 bits per heavy atom. The molecule has 2 rings (SSSR count). The summed E-state index contributed by atoms with van der Waals surface area (Å²) in [7, 11) is 1.99. The second-order valence-electron chi connectivity index (χ2n) is 5.54. The van der Waals surface area contributed by atoms with Crippen molar-refractivity contribution in [3.05, 3.63) is 24.0 Å². The largest absolute Gasteiger partial charge is 0.395 e. The molecule has 110 valence electrons. The second kappa shape index (κ2) is 6.19. The van der Waals surface area contributed by atoms with Crippen molar-refractivity contribution in [2.45, 2.75) is 6.92 Å². The Kier molecular flexibility index (Phi) is 4.57. The molecule has 2 heterocycles. The summed E-state index contributed by atoms with van der Waals surface area (Å²) in [5, 5.41) is 11.3. The molecule has 0 unspecified atom stereocenters. The number of anilines is 1. The first-order valence-corrected chi connectivity index (χ1v) is 6.68. The van der Waals surface area contributed by atoms with Gasteiger partial charge in [-0.25, -0.2) is 0 Å². The summed E-state index contributed by atoms with van der Waals surface area (Å²) in [5.41, 5.74) is 1.48. The summed E-state index contributed by atoms with van der Waals surface area (Å²) in [6.07, 6.45) is 1.62. The van der Waals surface area contributed by atoms with Gasteiger partial charge in [-0.1, -0.05) is 6.92 Å². The topological polar surface area (TPSA) is 74.7 Å². The number of rotatable bonds is 6. The predicted molar refractivity (Wildman–Crippen MR) is 75.9 cm³/mol. The highest BCUT2D eigenvalue weighted by Crippen LogP contribution is 2.29. The van der Waals surface area contributed by atoms with E-state index in [1.54, 1.807) is 12.3 Å². The lowest BCUT2D eigenvalue weighted by Gasteiger charge is -2.41. The number of aromatic nitrogens is 1. The molecule has 1 aromatic rings. The minimum atomic E-state index is -0.271. The summed E-state index contributed by atoms with van der Waals surface area (Å²) in [6, 6.07) is 3.64. The number of carbonyl (C=O) groups is 1. The first-order valence-electron chi connectivity index (χ1n) is 6.68. The number of aliphatic hydroxyl groups excluding tert-OH is 1. The third-order valence-corrected chi connectivity index (χ3v) is 3.33. The molecule has 1 aliphatic heterocycles. The smallest absolute Gasteiger partial charge is 0.270 e. The van der Waals surface area contributed by atoms with E-state index in [9.17, 15) is 4.79 Å². The molecule has 0 aromatic carbocycles. The SMILES string of the molecule is CN(CC1(C)COC1)c1ccnc(C(=O)NCCO)c1. The molecule has 0 radical (unpaired) electrons. The molecule has 0 bridgehead atoms. The van der Waals surface area contributed by atoms with Crippen LogP contribution >= 0.6 is 0 Å². The van der Waals surface area contributed by atoms with E-state index in [0.717, 1.165) is 25.4 Å². The van der Waals surface area contributed by atoms with Crippen molar-refractivity contribution in [1.29, 1.82) is 0 Å². The van der Waals surface area contributed by atoms with Gasteiger partial charge in [0.15, 0.2) is 0 Å². The zero-order valence-electron chi connectivity index (χ0n) is 11.9. The Hall–Kier alpha value is -1.66. The molecule has 0 saturated carbocycles. The fourth-order valence-electron chi connectivity index (χ4n) is 2.25. The number of hydrogen-bond donors (Lipinski definition) is 2. The Morgan fingerprint density at radius 3 is 2.95 bits per heavy atom. The quantitative estimate of drug-likeness (QED) is 0.782. The number of ether oxygens (including phenoxy) is 1. The average molecular weight is 279 g/mol. The van der Waals surface area contributed by atoms with Gasteiger partial charge in [0.05, 0.1) is 19.8 Å². The van der Waals surface area contributed by atoms with Crippen LogP contribution in [0.25, 0.3) is 0 Å². The van der Waals surface area contributed by atoms with Crippen LogP contribution in [0.1, 0.15) is 17.4 Å². The Bertz CT molecular complexity index is 474. The Morgan fingerprint density at radius 2 is 2.35 bits per heavy atom. The second-order valence-corrected chi connectivity index (χ2v) is 5.54. The highest BCUT2D eigenvalue weighted by Gasteiger charge is 2.34. The van der Waals surface area contributed by atoms with Crippen LogP contribution in [0.3, 0.4) is 0 Å². The Balaban J connectivity index is 2.02. The lowest BCUT2D eigenvalue weighted by molar-refractivity contribution is -0.0951. The molecule has 1 amide bonds. The number of pyridine rings is 1. The van der Waals surface area contributed by atoms with Gasteiger partial charge in [-0.3, -0.25) is 9.78 Å². The molecule has 0 spiro atoms. The van der Waals surface area contributed by atoms with Crippen LogP contribution in [-0.4, -0.2) is 56.0 Å². The zero-order chi connectivity index (χ0) is 14.6. The summed E-state index contributed by atoms with van der Waals surface area (Å²) in [4.78, 5) is 18.0. The molecule has 1 saturated heterocycles. The monoisotopic (exact) mass is 279 g/mol. The third kappa shape index (κ3) is 3.46. The molecule has 20 heavy (non-hydrogen) atoms. The summed E-state index contributed by atoms with van der Waals surface area (Å²) < 4.78 is 5.25. The van der Waals surface area contributed by atoms with Gasteiger partial charge >= 0.3 is 0 Å². The van der Waals surface area contributed by atoms with Crippen LogP contribution in [0.2, 0.25) is 0 Å². The fraction of sp³-hybridized carbons (Fsp3) is 0.571. The maximum Gasteiger partial charge on any atom is 0.270 e. The first-order chi connectivity index (χ1) is 9.54. The molecule has 2 N–H and O–H groups in total. The first kappa shape index (κ1) is 14.7. The van der Waals surface area contributed by atoms with Crippen LogP contribution in [0.4, 0.5) is 5.69 Å². The van der Waals surface area contributed by atoms with Gasteiger partial charge in [0.1, 0.15) is 5.69 Å². The summed E-state index contributed by atoms with van der Waals surface area (Å²) >= 11 is 0. The fourth-order valence-corrected chi connectivity index (χ4v) is 2.25. The third-order valence-electron chi connectivity index (χ3n) is 3.33. The minimum Gasteiger partial charge on any atom is -0.395 e. The van der Waals surface area contributed by atoms with E-state index >= 15 is 0 Å². The lowest BCUT2D eigenvalue weighted by Crippen LogP contribution is -2.47. The van der Waals surface area contributed by atoms with Gasteiger partial charge in [0.2, 0.25) is 0 Å². The molecular formula is C14H21N3O3. The van der Waals surface area contributed by atoms with Gasteiger partial charge in [0, 0.05) is 37.4 Å². The van der Waals surface area contributed by atoms with Crippen LogP contribution in [-0.2, 0) is 4.74 Å². The van der Waals surface area contributed by atoms with E-state index in [1.807, 2.05) is 13.1 Å². The van der Waals surface area contributed by atoms with Crippen molar-refractivity contribution in [1.82, 2.24) is 10.3 Å². The zero-order valence-corrected chi connectivity index (χ0v) is 11.9. The summed E-state index contributed by atoms with van der Waals surface area (Å²) in [5.74, 6) is -0.271. The number of carbonyl (C=O) groups excluding carboxylic acids is 1. The Labute approximate surface area is 118 Å². The number of hydrogen-bond acceptors (Lipinski definition) is 5. The molecule has 6 nitrogen and oxygen atoms in total. The lowest BCUT2D eigenvalue weighted by atomic mass is 9.88. The van der Waals surface area contributed by atoms with Crippen LogP contribution in [0.15, 0.2) is 18.3 Å². The number of aliphatic hydroxyl groups is 1. The molecule has 1 aliphatic rings. The molecule has 0 atom stereocenters. The maximum absolute atomic E-state index is 11.8. The average Bonchev–Trinajstić information content (AvgIpc) is 2.43. The van der Waals surface area contributed by atoms with E-state index in [2.05, 4.69) is 22.1 Å². The highest BCUT2D eigenvalue weighted by molar-refractivity contribution is 5.93. The van der Waals surface area contributed by atoms with Crippen molar-refractivity contribution >= 4 is 11.6 Å². The van der Waals surface area contributed by atoms with Crippen LogP contribution in [0.5, 0.6) is 0 Å². The molecule has 1 aromatic heterocycles. The number of nitrogens with one attached hydrogen (secondary N) is 1. The molecular weight excluding hydrogens is 258 g/mol. The van der Waals surface area contributed by atoms with Gasteiger partial charge in [0.25, 0.3) is 5.91 Å². The van der Waals surface area contributed by atoms with Crippen molar-refractivity contribution in [2.75, 3.05) is 44.9 Å². The van der Waals surface area contributed by atoms with Crippen molar-refractivity contribution in [3.8, 4) is 0 Å². The van der Waals surface area contributed by atoms with Gasteiger partial charge in [-0.2, -0.15) is 0 Å². The van der Waals surface area contributed by atoms with Crippen LogP contribution in [0, 0.1) is 5.41 Å².